The summed E-state index contributed by atoms with van der Waals surface area (Å²) in [6, 6.07) is 7.43. The highest BCUT2D eigenvalue weighted by atomic mass is 35.5. The van der Waals surface area contributed by atoms with Crippen LogP contribution in [0, 0.1) is 5.92 Å². The molecule has 1 saturated carbocycles. The SMILES string of the molecule is CC(N)Cc1ccc(N2CCCC3CCCC32)c(Cl)c1. The van der Waals surface area contributed by atoms with Crippen LogP contribution in [0.25, 0.3) is 0 Å². The molecule has 3 heteroatoms. The summed E-state index contributed by atoms with van der Waals surface area (Å²) in [5, 5.41) is 0.899. The molecule has 3 atom stereocenters. The summed E-state index contributed by atoms with van der Waals surface area (Å²) in [6.45, 7) is 3.20. The molecule has 2 N–H and O–H groups in total. The van der Waals surface area contributed by atoms with Crippen molar-refractivity contribution in [3.05, 3.63) is 28.8 Å². The number of hydrogen-bond acceptors (Lipinski definition) is 2. The average Bonchev–Trinajstić information content (AvgIpc) is 2.86. The summed E-state index contributed by atoms with van der Waals surface area (Å²) in [5.74, 6) is 0.892. The molecule has 1 aromatic carbocycles. The smallest absolute Gasteiger partial charge is 0.0642 e. The first-order valence-corrected chi connectivity index (χ1v) is 8.33. The van der Waals surface area contributed by atoms with Crippen LogP contribution in [-0.4, -0.2) is 18.6 Å². The predicted octanol–water partition coefficient (Wildman–Crippen LogP) is 4.00. The minimum atomic E-state index is 0.186. The van der Waals surface area contributed by atoms with E-state index in [-0.39, 0.29) is 6.04 Å². The second-order valence-corrected chi connectivity index (χ2v) is 6.97. The lowest BCUT2D eigenvalue weighted by molar-refractivity contribution is 0.362. The average molecular weight is 293 g/mol. The van der Waals surface area contributed by atoms with Crippen molar-refractivity contribution in [1.82, 2.24) is 0 Å². The Morgan fingerprint density at radius 1 is 1.30 bits per heavy atom. The molecule has 0 spiro atoms. The van der Waals surface area contributed by atoms with Gasteiger partial charge in [0.15, 0.2) is 0 Å². The first-order chi connectivity index (χ1) is 9.65. The Bertz CT molecular complexity index is 472. The fraction of sp³-hybridized carbons (Fsp3) is 0.647. The molecule has 1 aliphatic carbocycles. The molecule has 3 unspecified atom stereocenters. The second-order valence-electron chi connectivity index (χ2n) is 6.56. The highest BCUT2D eigenvalue weighted by molar-refractivity contribution is 6.33. The molecule has 1 saturated heterocycles. The van der Waals surface area contributed by atoms with Gasteiger partial charge in [-0.3, -0.25) is 0 Å². The molecule has 1 aliphatic heterocycles. The van der Waals surface area contributed by atoms with E-state index in [0.29, 0.717) is 0 Å². The lowest BCUT2D eigenvalue weighted by Crippen LogP contribution is -2.42. The van der Waals surface area contributed by atoms with Crippen LogP contribution < -0.4 is 10.6 Å². The Morgan fingerprint density at radius 2 is 2.10 bits per heavy atom. The Balaban J connectivity index is 1.82. The molecule has 110 valence electrons. The van der Waals surface area contributed by atoms with E-state index in [1.54, 1.807) is 0 Å². The van der Waals surface area contributed by atoms with Crippen LogP contribution >= 0.6 is 11.6 Å². The van der Waals surface area contributed by atoms with E-state index in [4.69, 9.17) is 17.3 Å². The van der Waals surface area contributed by atoms with Crippen molar-refractivity contribution in [2.45, 2.75) is 57.5 Å². The molecule has 2 fully saturated rings. The Hall–Kier alpha value is -0.730. The third kappa shape index (κ3) is 2.82. The van der Waals surface area contributed by atoms with Crippen LogP contribution in [0.15, 0.2) is 18.2 Å². The van der Waals surface area contributed by atoms with Gasteiger partial charge in [0.2, 0.25) is 0 Å². The van der Waals surface area contributed by atoms with Gasteiger partial charge in [0.25, 0.3) is 0 Å². The Morgan fingerprint density at radius 3 is 2.85 bits per heavy atom. The number of halogens is 1. The quantitative estimate of drug-likeness (QED) is 0.912. The summed E-state index contributed by atoms with van der Waals surface area (Å²) in [6.07, 6.45) is 7.73. The van der Waals surface area contributed by atoms with Gasteiger partial charge < -0.3 is 10.6 Å². The number of hydrogen-bond donors (Lipinski definition) is 1. The monoisotopic (exact) mass is 292 g/mol. The Labute approximate surface area is 127 Å². The summed E-state index contributed by atoms with van der Waals surface area (Å²) < 4.78 is 0. The van der Waals surface area contributed by atoms with Crippen molar-refractivity contribution >= 4 is 17.3 Å². The van der Waals surface area contributed by atoms with Gasteiger partial charge in [-0.25, -0.2) is 0 Å². The summed E-state index contributed by atoms with van der Waals surface area (Å²) in [7, 11) is 0. The molecule has 0 amide bonds. The van der Waals surface area contributed by atoms with E-state index in [0.717, 1.165) is 29.9 Å². The first kappa shape index (κ1) is 14.2. The third-order valence-electron chi connectivity index (χ3n) is 4.87. The maximum absolute atomic E-state index is 6.55. The topological polar surface area (TPSA) is 29.3 Å². The molecule has 0 radical (unpaired) electrons. The maximum atomic E-state index is 6.55. The summed E-state index contributed by atoms with van der Waals surface area (Å²) >= 11 is 6.55. The molecular formula is C17H25ClN2. The van der Waals surface area contributed by atoms with Crippen molar-refractivity contribution < 1.29 is 0 Å². The van der Waals surface area contributed by atoms with Gasteiger partial charge in [-0.15, -0.1) is 0 Å². The highest BCUT2D eigenvalue weighted by Gasteiger charge is 2.35. The van der Waals surface area contributed by atoms with E-state index >= 15 is 0 Å². The first-order valence-electron chi connectivity index (χ1n) is 7.96. The molecule has 0 aromatic heterocycles. The number of piperidine rings is 1. The summed E-state index contributed by atoms with van der Waals surface area (Å²) in [4.78, 5) is 2.57. The van der Waals surface area contributed by atoms with Gasteiger partial charge in [0.1, 0.15) is 0 Å². The van der Waals surface area contributed by atoms with Crippen molar-refractivity contribution in [3.63, 3.8) is 0 Å². The van der Waals surface area contributed by atoms with Gasteiger partial charge in [0, 0.05) is 18.6 Å². The van der Waals surface area contributed by atoms with Crippen LogP contribution in [0.1, 0.15) is 44.6 Å². The number of nitrogens with zero attached hydrogens (tertiary/aromatic N) is 1. The minimum Gasteiger partial charge on any atom is -0.367 e. The van der Waals surface area contributed by atoms with Gasteiger partial charge in [-0.2, -0.15) is 0 Å². The van der Waals surface area contributed by atoms with Crippen LogP contribution in [-0.2, 0) is 6.42 Å². The van der Waals surface area contributed by atoms with Crippen LogP contribution in [0.2, 0.25) is 5.02 Å². The van der Waals surface area contributed by atoms with Gasteiger partial charge in [-0.05, 0) is 62.6 Å². The highest BCUT2D eigenvalue weighted by Crippen LogP contribution is 2.41. The number of fused-ring (bicyclic) bond motifs is 1. The molecule has 2 nitrogen and oxygen atoms in total. The van der Waals surface area contributed by atoms with Crippen molar-refractivity contribution in [2.75, 3.05) is 11.4 Å². The molecule has 0 bridgehead atoms. The number of anilines is 1. The Kier molecular flexibility index (Phi) is 4.23. The van der Waals surface area contributed by atoms with E-state index in [9.17, 15) is 0 Å². The molecule has 1 aromatic rings. The summed E-state index contributed by atoms with van der Waals surface area (Å²) in [5.41, 5.74) is 8.35. The standard InChI is InChI=1S/C17H25ClN2/c1-12(19)10-13-7-8-17(15(18)11-13)20-9-3-5-14-4-2-6-16(14)20/h7-8,11-12,14,16H,2-6,9-10,19H2,1H3. The fourth-order valence-corrected chi connectivity index (χ4v) is 4.35. The van der Waals surface area contributed by atoms with E-state index in [1.807, 2.05) is 6.92 Å². The van der Waals surface area contributed by atoms with Gasteiger partial charge in [0.05, 0.1) is 10.7 Å². The van der Waals surface area contributed by atoms with Crippen LogP contribution in [0.4, 0.5) is 5.69 Å². The van der Waals surface area contributed by atoms with Crippen LogP contribution in [0.5, 0.6) is 0 Å². The zero-order valence-corrected chi connectivity index (χ0v) is 13.1. The zero-order valence-electron chi connectivity index (χ0n) is 12.3. The zero-order chi connectivity index (χ0) is 14.1. The van der Waals surface area contributed by atoms with Crippen LogP contribution in [0.3, 0.4) is 0 Å². The fourth-order valence-electron chi connectivity index (χ4n) is 4.04. The molecular weight excluding hydrogens is 268 g/mol. The van der Waals surface area contributed by atoms with Crippen molar-refractivity contribution in [2.24, 2.45) is 11.7 Å². The minimum absolute atomic E-state index is 0.186. The number of rotatable bonds is 3. The molecule has 3 rings (SSSR count). The second kappa shape index (κ2) is 5.95. The number of nitrogens with two attached hydrogens (primary N) is 1. The molecule has 20 heavy (non-hydrogen) atoms. The van der Waals surface area contributed by atoms with Crippen molar-refractivity contribution in [1.29, 1.82) is 0 Å². The van der Waals surface area contributed by atoms with Crippen molar-refractivity contribution in [3.8, 4) is 0 Å². The lowest BCUT2D eigenvalue weighted by Gasteiger charge is -2.40. The molecule has 1 heterocycles. The molecule has 2 aliphatic rings. The lowest BCUT2D eigenvalue weighted by atomic mass is 9.91. The number of benzene rings is 1. The van der Waals surface area contributed by atoms with Gasteiger partial charge >= 0.3 is 0 Å². The maximum Gasteiger partial charge on any atom is 0.0642 e. The largest absolute Gasteiger partial charge is 0.367 e. The third-order valence-corrected chi connectivity index (χ3v) is 5.18. The normalized spacial score (nSPS) is 27.4. The van der Waals surface area contributed by atoms with E-state index in [2.05, 4.69) is 23.1 Å². The van der Waals surface area contributed by atoms with E-state index < -0.39 is 0 Å². The van der Waals surface area contributed by atoms with Gasteiger partial charge in [-0.1, -0.05) is 24.1 Å². The predicted molar refractivity (Wildman–Crippen MR) is 86.5 cm³/mol. The van der Waals surface area contributed by atoms with E-state index in [1.165, 1.54) is 43.4 Å².